The zero-order chi connectivity index (χ0) is 12.8. The number of rotatable bonds is 2. The van der Waals surface area contributed by atoms with E-state index in [1.807, 2.05) is 12.3 Å². The number of ether oxygens (including phenoxy) is 1. The Balaban J connectivity index is 2.15. The standard InChI is InChI=1S/C13H10N4O/c14-10-17(11-6-8-16-9-7-11)13(15)18-12-4-2-1-3-5-12/h1-9,15H. The van der Waals surface area contributed by atoms with E-state index in [2.05, 4.69) is 4.98 Å². The summed E-state index contributed by atoms with van der Waals surface area (Å²) in [5, 5.41) is 16.8. The maximum absolute atomic E-state index is 9.06. The number of hydrogen-bond donors (Lipinski definition) is 1. The Morgan fingerprint density at radius 3 is 2.44 bits per heavy atom. The molecule has 1 N–H and O–H groups in total. The smallest absolute Gasteiger partial charge is 0.308 e. The van der Waals surface area contributed by atoms with Gasteiger partial charge in [0, 0.05) is 12.4 Å². The second kappa shape index (κ2) is 5.46. The molecule has 18 heavy (non-hydrogen) atoms. The molecule has 5 heteroatoms. The third-order valence-corrected chi connectivity index (χ3v) is 2.18. The van der Waals surface area contributed by atoms with Crippen molar-refractivity contribution in [2.75, 3.05) is 4.90 Å². The molecule has 0 aliphatic rings. The summed E-state index contributed by atoms with van der Waals surface area (Å²) in [6.45, 7) is 0. The number of nitrogens with zero attached hydrogens (tertiary/aromatic N) is 3. The van der Waals surface area contributed by atoms with E-state index in [4.69, 9.17) is 15.4 Å². The fourth-order valence-corrected chi connectivity index (χ4v) is 1.36. The Kier molecular flexibility index (Phi) is 3.52. The number of nitrogens with one attached hydrogen (secondary N) is 1. The predicted molar refractivity (Wildman–Crippen MR) is 67.1 cm³/mol. The molecule has 5 nitrogen and oxygen atoms in total. The molecule has 1 aromatic carbocycles. The summed E-state index contributed by atoms with van der Waals surface area (Å²) in [6, 6.07) is 11.9. The van der Waals surface area contributed by atoms with Crippen molar-refractivity contribution in [3.63, 3.8) is 0 Å². The van der Waals surface area contributed by atoms with Crippen LogP contribution in [0.1, 0.15) is 0 Å². The third-order valence-electron chi connectivity index (χ3n) is 2.18. The highest BCUT2D eigenvalue weighted by Gasteiger charge is 2.13. The maximum atomic E-state index is 9.06. The number of anilines is 1. The third kappa shape index (κ3) is 2.62. The van der Waals surface area contributed by atoms with E-state index in [0.29, 0.717) is 11.4 Å². The number of hydrogen-bond acceptors (Lipinski definition) is 4. The summed E-state index contributed by atoms with van der Waals surface area (Å²) in [7, 11) is 0. The topological polar surface area (TPSA) is 73.0 Å². The van der Waals surface area contributed by atoms with Gasteiger partial charge in [0.2, 0.25) is 0 Å². The monoisotopic (exact) mass is 238 g/mol. The van der Waals surface area contributed by atoms with E-state index < -0.39 is 0 Å². The highest BCUT2D eigenvalue weighted by atomic mass is 16.5. The van der Waals surface area contributed by atoms with E-state index in [1.54, 1.807) is 48.8 Å². The van der Waals surface area contributed by atoms with Gasteiger partial charge in [-0.2, -0.15) is 10.2 Å². The molecule has 2 aromatic rings. The minimum absolute atomic E-state index is 0.255. The van der Waals surface area contributed by atoms with Crippen molar-refractivity contribution in [2.45, 2.75) is 0 Å². The highest BCUT2D eigenvalue weighted by Crippen LogP contribution is 2.14. The van der Waals surface area contributed by atoms with Crippen molar-refractivity contribution in [3.05, 3.63) is 54.9 Å². The molecular weight excluding hydrogens is 228 g/mol. The summed E-state index contributed by atoms with van der Waals surface area (Å²) in [5.74, 6) is 0.511. The van der Waals surface area contributed by atoms with Gasteiger partial charge in [-0.1, -0.05) is 18.2 Å². The van der Waals surface area contributed by atoms with Crippen LogP contribution in [0.25, 0.3) is 0 Å². The van der Waals surface area contributed by atoms with Crippen molar-refractivity contribution in [1.29, 1.82) is 10.7 Å². The van der Waals surface area contributed by atoms with Crippen molar-refractivity contribution in [1.82, 2.24) is 4.98 Å². The molecule has 0 aliphatic carbocycles. The average molecular weight is 238 g/mol. The molecular formula is C13H10N4O. The van der Waals surface area contributed by atoms with Crippen LogP contribution in [0.2, 0.25) is 0 Å². The molecule has 1 aromatic heterocycles. The molecule has 1 heterocycles. The first-order valence-electron chi connectivity index (χ1n) is 5.22. The summed E-state index contributed by atoms with van der Waals surface area (Å²) in [5.41, 5.74) is 0.536. The molecule has 0 atom stereocenters. The fraction of sp³-hybridized carbons (Fsp3) is 0. The molecule has 0 saturated carbocycles. The lowest BCUT2D eigenvalue weighted by molar-refractivity contribution is 0.535. The second-order valence-corrected chi connectivity index (χ2v) is 3.36. The van der Waals surface area contributed by atoms with Gasteiger partial charge in [-0.15, -0.1) is 0 Å². The van der Waals surface area contributed by atoms with E-state index >= 15 is 0 Å². The number of amidine groups is 1. The summed E-state index contributed by atoms with van der Waals surface area (Å²) < 4.78 is 5.29. The van der Waals surface area contributed by atoms with Gasteiger partial charge in [0.15, 0.2) is 6.19 Å². The van der Waals surface area contributed by atoms with Gasteiger partial charge in [0.1, 0.15) is 5.75 Å². The fourth-order valence-electron chi connectivity index (χ4n) is 1.36. The first-order chi connectivity index (χ1) is 8.81. The van der Waals surface area contributed by atoms with Gasteiger partial charge in [0.25, 0.3) is 0 Å². The van der Waals surface area contributed by atoms with Crippen LogP contribution in [0, 0.1) is 16.9 Å². The quantitative estimate of drug-likeness (QED) is 0.377. The number of nitriles is 1. The van der Waals surface area contributed by atoms with Gasteiger partial charge in [0.05, 0.1) is 5.69 Å². The number of benzene rings is 1. The zero-order valence-corrected chi connectivity index (χ0v) is 9.45. The van der Waals surface area contributed by atoms with E-state index in [0.717, 1.165) is 4.90 Å². The Bertz CT molecular complexity index is 563. The van der Waals surface area contributed by atoms with Crippen molar-refractivity contribution in [3.8, 4) is 11.9 Å². The van der Waals surface area contributed by atoms with Crippen LogP contribution in [0.15, 0.2) is 54.9 Å². The Morgan fingerprint density at radius 1 is 1.17 bits per heavy atom. The van der Waals surface area contributed by atoms with Gasteiger partial charge in [-0.25, -0.2) is 5.41 Å². The van der Waals surface area contributed by atoms with Crippen LogP contribution < -0.4 is 9.64 Å². The first-order valence-corrected chi connectivity index (χ1v) is 5.22. The SMILES string of the molecule is N#CN(C(=N)Oc1ccccc1)c1ccncc1. The van der Waals surface area contributed by atoms with Crippen LogP contribution in [-0.2, 0) is 0 Å². The van der Waals surface area contributed by atoms with Crippen molar-refractivity contribution in [2.24, 2.45) is 0 Å². The summed E-state index contributed by atoms with van der Waals surface area (Å²) >= 11 is 0. The van der Waals surface area contributed by atoms with E-state index in [9.17, 15) is 0 Å². The number of para-hydroxylation sites is 1. The highest BCUT2D eigenvalue weighted by molar-refractivity contribution is 5.93. The summed E-state index contributed by atoms with van der Waals surface area (Å²) in [4.78, 5) is 4.94. The molecule has 0 amide bonds. The van der Waals surface area contributed by atoms with Gasteiger partial charge in [-0.05, 0) is 24.3 Å². The van der Waals surface area contributed by atoms with Crippen LogP contribution in [0.4, 0.5) is 5.69 Å². The molecule has 0 spiro atoms. The molecule has 0 unspecified atom stereocenters. The minimum Gasteiger partial charge on any atom is -0.425 e. The molecule has 0 bridgehead atoms. The van der Waals surface area contributed by atoms with Crippen LogP contribution >= 0.6 is 0 Å². The molecule has 0 radical (unpaired) electrons. The lowest BCUT2D eigenvalue weighted by atomic mass is 10.3. The second-order valence-electron chi connectivity index (χ2n) is 3.36. The predicted octanol–water partition coefficient (Wildman–Crippen LogP) is 2.38. The van der Waals surface area contributed by atoms with Crippen molar-refractivity contribution < 1.29 is 4.74 Å². The first kappa shape index (κ1) is 11.6. The molecule has 0 saturated heterocycles. The molecule has 2 rings (SSSR count). The zero-order valence-electron chi connectivity index (χ0n) is 9.45. The van der Waals surface area contributed by atoms with Gasteiger partial charge >= 0.3 is 6.02 Å². The Morgan fingerprint density at radius 2 is 1.83 bits per heavy atom. The minimum atomic E-state index is -0.255. The van der Waals surface area contributed by atoms with E-state index in [-0.39, 0.29) is 6.02 Å². The lowest BCUT2D eigenvalue weighted by Crippen LogP contribution is -2.29. The number of aromatic nitrogens is 1. The maximum Gasteiger partial charge on any atom is 0.308 e. The Labute approximate surface area is 104 Å². The van der Waals surface area contributed by atoms with Crippen molar-refractivity contribution >= 4 is 11.7 Å². The lowest BCUT2D eigenvalue weighted by Gasteiger charge is -2.15. The Hall–Kier alpha value is -2.87. The largest absolute Gasteiger partial charge is 0.425 e. The molecule has 0 aliphatic heterocycles. The van der Waals surface area contributed by atoms with E-state index in [1.165, 1.54) is 0 Å². The summed E-state index contributed by atoms with van der Waals surface area (Å²) in [6.07, 6.45) is 5.00. The van der Waals surface area contributed by atoms with Gasteiger partial charge in [-0.3, -0.25) is 4.98 Å². The van der Waals surface area contributed by atoms with Gasteiger partial charge < -0.3 is 4.74 Å². The molecule has 0 fully saturated rings. The normalized spacial score (nSPS) is 9.28. The molecule has 88 valence electrons. The van der Waals surface area contributed by atoms with Crippen LogP contribution in [0.3, 0.4) is 0 Å². The average Bonchev–Trinajstić information content (AvgIpc) is 2.42. The number of pyridine rings is 1. The van der Waals surface area contributed by atoms with Crippen LogP contribution in [-0.4, -0.2) is 11.0 Å². The van der Waals surface area contributed by atoms with Crippen LogP contribution in [0.5, 0.6) is 5.75 Å².